The van der Waals surface area contributed by atoms with Crippen molar-refractivity contribution in [3.05, 3.63) is 23.8 Å². The van der Waals surface area contributed by atoms with Crippen molar-refractivity contribution >= 4 is 21.6 Å². The standard InChI is InChI=1S/C18H28N2O3S/c1-13(2)11-19(12-14(3)4)24(22,23)17-6-7-18-16(10-17)8-9-20(18)15(5)21/h6-7,10,13-14H,8-9,11-12H2,1-5H3. The lowest BCUT2D eigenvalue weighted by molar-refractivity contribution is -0.116. The Balaban J connectivity index is 2.36. The van der Waals surface area contributed by atoms with Gasteiger partial charge in [0.1, 0.15) is 0 Å². The van der Waals surface area contributed by atoms with Gasteiger partial charge in [-0.15, -0.1) is 0 Å². The lowest BCUT2D eigenvalue weighted by Gasteiger charge is -2.26. The van der Waals surface area contributed by atoms with Gasteiger partial charge in [-0.1, -0.05) is 27.7 Å². The zero-order chi connectivity index (χ0) is 18.1. The first-order valence-electron chi connectivity index (χ1n) is 8.54. The Kier molecular flexibility index (Phi) is 5.71. The smallest absolute Gasteiger partial charge is 0.243 e. The number of rotatable bonds is 6. The number of carbonyl (C=O) groups excluding carboxylic acids is 1. The third-order valence-corrected chi connectivity index (χ3v) is 5.93. The zero-order valence-corrected chi connectivity index (χ0v) is 16.1. The summed E-state index contributed by atoms with van der Waals surface area (Å²) < 4.78 is 27.7. The molecule has 0 bridgehead atoms. The van der Waals surface area contributed by atoms with Gasteiger partial charge in [0, 0.05) is 32.2 Å². The van der Waals surface area contributed by atoms with Crippen LogP contribution in [0.15, 0.2) is 23.1 Å². The average Bonchev–Trinajstić information content (AvgIpc) is 2.88. The van der Waals surface area contributed by atoms with Gasteiger partial charge in [-0.3, -0.25) is 4.79 Å². The summed E-state index contributed by atoms with van der Waals surface area (Å²) in [5.41, 5.74) is 1.76. The molecule has 1 aliphatic rings. The molecule has 0 fully saturated rings. The van der Waals surface area contributed by atoms with Crippen molar-refractivity contribution in [2.45, 2.75) is 45.9 Å². The van der Waals surface area contributed by atoms with Gasteiger partial charge in [0.05, 0.1) is 4.90 Å². The number of fused-ring (bicyclic) bond motifs is 1. The van der Waals surface area contributed by atoms with Crippen LogP contribution in [0.2, 0.25) is 0 Å². The molecule has 1 aromatic rings. The molecule has 2 rings (SSSR count). The van der Waals surface area contributed by atoms with Gasteiger partial charge in [-0.25, -0.2) is 8.42 Å². The summed E-state index contributed by atoms with van der Waals surface area (Å²) >= 11 is 0. The summed E-state index contributed by atoms with van der Waals surface area (Å²) in [6, 6.07) is 5.13. The molecule has 0 saturated carbocycles. The van der Waals surface area contributed by atoms with Crippen LogP contribution in [-0.2, 0) is 21.2 Å². The minimum absolute atomic E-state index is 0.00870. The van der Waals surface area contributed by atoms with Crippen LogP contribution < -0.4 is 4.90 Å². The van der Waals surface area contributed by atoms with E-state index in [1.807, 2.05) is 27.7 Å². The van der Waals surface area contributed by atoms with E-state index in [0.717, 1.165) is 11.3 Å². The van der Waals surface area contributed by atoms with Crippen molar-refractivity contribution in [3.8, 4) is 0 Å². The lowest BCUT2D eigenvalue weighted by Crippen LogP contribution is -2.37. The van der Waals surface area contributed by atoms with E-state index in [9.17, 15) is 13.2 Å². The summed E-state index contributed by atoms with van der Waals surface area (Å²) in [5, 5.41) is 0. The van der Waals surface area contributed by atoms with Crippen molar-refractivity contribution in [3.63, 3.8) is 0 Å². The van der Waals surface area contributed by atoms with Crippen LogP contribution in [0.4, 0.5) is 5.69 Å². The van der Waals surface area contributed by atoms with Gasteiger partial charge in [0.25, 0.3) is 0 Å². The molecule has 0 saturated heterocycles. The van der Waals surface area contributed by atoms with Gasteiger partial charge in [0.15, 0.2) is 0 Å². The molecular weight excluding hydrogens is 324 g/mol. The highest BCUT2D eigenvalue weighted by molar-refractivity contribution is 7.89. The number of hydrogen-bond acceptors (Lipinski definition) is 3. The van der Waals surface area contributed by atoms with E-state index in [1.54, 1.807) is 27.4 Å². The van der Waals surface area contributed by atoms with E-state index in [2.05, 4.69) is 0 Å². The molecule has 0 atom stereocenters. The molecule has 0 spiro atoms. The van der Waals surface area contributed by atoms with Crippen molar-refractivity contribution in [2.24, 2.45) is 11.8 Å². The van der Waals surface area contributed by atoms with Crippen LogP contribution >= 0.6 is 0 Å². The first-order chi connectivity index (χ1) is 11.1. The second-order valence-electron chi connectivity index (χ2n) is 7.32. The number of sulfonamides is 1. The maximum Gasteiger partial charge on any atom is 0.243 e. The molecule has 6 heteroatoms. The Morgan fingerprint density at radius 2 is 1.75 bits per heavy atom. The monoisotopic (exact) mass is 352 g/mol. The van der Waals surface area contributed by atoms with E-state index in [4.69, 9.17) is 0 Å². The largest absolute Gasteiger partial charge is 0.312 e. The fourth-order valence-corrected chi connectivity index (χ4v) is 4.92. The molecule has 1 aromatic carbocycles. The third kappa shape index (κ3) is 3.98. The molecule has 0 unspecified atom stereocenters. The highest BCUT2D eigenvalue weighted by Gasteiger charge is 2.29. The number of amides is 1. The van der Waals surface area contributed by atoms with E-state index in [0.29, 0.717) is 31.0 Å². The van der Waals surface area contributed by atoms with E-state index in [-0.39, 0.29) is 17.7 Å². The number of benzene rings is 1. The molecule has 0 aliphatic carbocycles. The Morgan fingerprint density at radius 3 is 2.25 bits per heavy atom. The van der Waals surface area contributed by atoms with Crippen LogP contribution in [0, 0.1) is 11.8 Å². The summed E-state index contributed by atoms with van der Waals surface area (Å²) in [6.45, 7) is 11.3. The van der Waals surface area contributed by atoms with Crippen LogP contribution in [0.5, 0.6) is 0 Å². The molecule has 5 nitrogen and oxygen atoms in total. The molecule has 1 aliphatic heterocycles. The lowest BCUT2D eigenvalue weighted by atomic mass is 10.2. The van der Waals surface area contributed by atoms with E-state index >= 15 is 0 Å². The number of nitrogens with zero attached hydrogens (tertiary/aromatic N) is 2. The molecule has 0 aromatic heterocycles. The highest BCUT2D eigenvalue weighted by atomic mass is 32.2. The maximum absolute atomic E-state index is 13.1. The minimum Gasteiger partial charge on any atom is -0.312 e. The molecule has 134 valence electrons. The summed E-state index contributed by atoms with van der Waals surface area (Å²) in [7, 11) is -3.52. The Morgan fingerprint density at radius 1 is 1.17 bits per heavy atom. The molecule has 1 heterocycles. The fourth-order valence-electron chi connectivity index (χ4n) is 3.10. The van der Waals surface area contributed by atoms with Crippen molar-refractivity contribution < 1.29 is 13.2 Å². The SMILES string of the molecule is CC(=O)N1CCc2cc(S(=O)(=O)N(CC(C)C)CC(C)C)ccc21. The Labute approximate surface area is 145 Å². The molecule has 1 amide bonds. The molecular formula is C18H28N2O3S. The van der Waals surface area contributed by atoms with Crippen LogP contribution in [0.3, 0.4) is 0 Å². The maximum atomic E-state index is 13.1. The second-order valence-corrected chi connectivity index (χ2v) is 9.26. The third-order valence-electron chi connectivity index (χ3n) is 4.10. The fraction of sp³-hybridized carbons (Fsp3) is 0.611. The Bertz CT molecular complexity index is 701. The summed E-state index contributed by atoms with van der Waals surface area (Å²) in [5.74, 6) is 0.521. The highest BCUT2D eigenvalue weighted by Crippen LogP contribution is 2.31. The quantitative estimate of drug-likeness (QED) is 0.791. The average molecular weight is 353 g/mol. The van der Waals surface area contributed by atoms with Gasteiger partial charge in [0.2, 0.25) is 15.9 Å². The normalized spacial score (nSPS) is 14.8. The van der Waals surface area contributed by atoms with Crippen LogP contribution in [-0.4, -0.2) is 38.3 Å². The predicted molar refractivity (Wildman–Crippen MR) is 96.6 cm³/mol. The van der Waals surface area contributed by atoms with Gasteiger partial charge in [-0.2, -0.15) is 4.31 Å². The summed E-state index contributed by atoms with van der Waals surface area (Å²) in [4.78, 5) is 13.7. The van der Waals surface area contributed by atoms with Crippen molar-refractivity contribution in [1.29, 1.82) is 0 Å². The zero-order valence-electron chi connectivity index (χ0n) is 15.2. The van der Waals surface area contributed by atoms with Crippen molar-refractivity contribution in [1.82, 2.24) is 4.31 Å². The molecule has 0 N–H and O–H groups in total. The van der Waals surface area contributed by atoms with Gasteiger partial charge < -0.3 is 4.90 Å². The summed E-state index contributed by atoms with van der Waals surface area (Å²) in [6.07, 6.45) is 0.701. The first kappa shape index (κ1) is 18.9. The van der Waals surface area contributed by atoms with Gasteiger partial charge in [-0.05, 0) is 42.0 Å². The van der Waals surface area contributed by atoms with Crippen LogP contribution in [0.1, 0.15) is 40.2 Å². The van der Waals surface area contributed by atoms with Crippen molar-refractivity contribution in [2.75, 3.05) is 24.5 Å². The second kappa shape index (κ2) is 7.23. The van der Waals surface area contributed by atoms with Crippen LogP contribution in [0.25, 0.3) is 0 Å². The Hall–Kier alpha value is -1.40. The molecule has 0 radical (unpaired) electrons. The number of hydrogen-bond donors (Lipinski definition) is 0. The first-order valence-corrected chi connectivity index (χ1v) is 9.98. The van der Waals surface area contributed by atoms with Gasteiger partial charge >= 0.3 is 0 Å². The predicted octanol–water partition coefficient (Wildman–Crippen LogP) is 2.90. The number of anilines is 1. The molecule has 24 heavy (non-hydrogen) atoms. The minimum atomic E-state index is -3.52. The van der Waals surface area contributed by atoms with E-state index < -0.39 is 10.0 Å². The van der Waals surface area contributed by atoms with E-state index in [1.165, 1.54) is 6.92 Å². The topological polar surface area (TPSA) is 57.7 Å². The number of carbonyl (C=O) groups is 1.